The maximum atomic E-state index is 12.8. The third-order valence-electron chi connectivity index (χ3n) is 4.07. The van der Waals surface area contributed by atoms with Gasteiger partial charge in [0, 0.05) is 15.7 Å². The first kappa shape index (κ1) is 18.2. The fourth-order valence-electron chi connectivity index (χ4n) is 2.78. The van der Waals surface area contributed by atoms with E-state index >= 15 is 0 Å². The molecule has 26 heavy (non-hydrogen) atoms. The molecule has 1 heterocycles. The van der Waals surface area contributed by atoms with E-state index in [1.54, 1.807) is 31.2 Å². The van der Waals surface area contributed by atoms with Gasteiger partial charge in [-0.05, 0) is 30.7 Å². The molecule has 134 valence electrons. The number of hydrogen-bond donors (Lipinski definition) is 2. The molecule has 2 aromatic carbocycles. The maximum Gasteiger partial charge on any atom is 0.325 e. The average Bonchev–Trinajstić information content (AvgIpc) is 2.79. The monoisotopic (exact) mass is 391 g/mol. The number of urea groups is 1. The predicted molar refractivity (Wildman–Crippen MR) is 99.1 cm³/mol. The highest BCUT2D eigenvalue weighted by Gasteiger charge is 2.49. The third kappa shape index (κ3) is 3.52. The Morgan fingerprint density at radius 2 is 1.73 bits per heavy atom. The highest BCUT2D eigenvalue weighted by molar-refractivity contribution is 6.35. The molecule has 1 unspecified atom stereocenters. The SMILES string of the molecule is CC1(c2ccccc2)NC(=O)N(CC(=O)Nc2cc(Cl)cc(Cl)c2)C1=O. The highest BCUT2D eigenvalue weighted by atomic mass is 35.5. The van der Waals surface area contributed by atoms with Gasteiger partial charge in [0.15, 0.2) is 0 Å². The molecule has 0 saturated carbocycles. The number of nitrogens with one attached hydrogen (secondary N) is 2. The smallest absolute Gasteiger partial charge is 0.324 e. The van der Waals surface area contributed by atoms with Crippen LogP contribution in [0, 0.1) is 0 Å². The van der Waals surface area contributed by atoms with Crippen molar-refractivity contribution in [2.24, 2.45) is 0 Å². The molecule has 1 aliphatic heterocycles. The topological polar surface area (TPSA) is 78.5 Å². The summed E-state index contributed by atoms with van der Waals surface area (Å²) in [5, 5.41) is 5.95. The summed E-state index contributed by atoms with van der Waals surface area (Å²) in [6.45, 7) is 1.19. The summed E-state index contributed by atoms with van der Waals surface area (Å²) in [5.74, 6) is -1.03. The van der Waals surface area contributed by atoms with E-state index < -0.39 is 29.9 Å². The molecule has 1 aliphatic rings. The van der Waals surface area contributed by atoms with Crippen molar-refractivity contribution in [3.05, 3.63) is 64.1 Å². The molecule has 8 heteroatoms. The molecular weight excluding hydrogens is 377 g/mol. The van der Waals surface area contributed by atoms with Crippen LogP contribution >= 0.6 is 23.2 Å². The average molecular weight is 392 g/mol. The highest BCUT2D eigenvalue weighted by Crippen LogP contribution is 2.28. The van der Waals surface area contributed by atoms with E-state index in [0.29, 0.717) is 21.3 Å². The van der Waals surface area contributed by atoms with Gasteiger partial charge in [0.25, 0.3) is 5.91 Å². The summed E-state index contributed by atoms with van der Waals surface area (Å²) in [6, 6.07) is 12.8. The predicted octanol–water partition coefficient (Wildman–Crippen LogP) is 3.40. The molecule has 4 amide bonds. The Hall–Kier alpha value is -2.57. The second-order valence-electron chi connectivity index (χ2n) is 6.02. The molecule has 0 aliphatic carbocycles. The van der Waals surface area contributed by atoms with Crippen LogP contribution in [0.1, 0.15) is 12.5 Å². The molecule has 0 spiro atoms. The summed E-state index contributed by atoms with van der Waals surface area (Å²) in [5.41, 5.74) is -0.189. The second kappa shape index (κ2) is 6.97. The van der Waals surface area contributed by atoms with Crippen LogP contribution in [0.5, 0.6) is 0 Å². The lowest BCUT2D eigenvalue weighted by atomic mass is 9.92. The first-order valence-electron chi connectivity index (χ1n) is 7.75. The lowest BCUT2D eigenvalue weighted by molar-refractivity contribution is -0.133. The zero-order chi connectivity index (χ0) is 18.9. The summed E-state index contributed by atoms with van der Waals surface area (Å²) in [4.78, 5) is 38.1. The van der Waals surface area contributed by atoms with Crippen molar-refractivity contribution in [1.82, 2.24) is 10.2 Å². The fourth-order valence-corrected chi connectivity index (χ4v) is 3.30. The van der Waals surface area contributed by atoms with Gasteiger partial charge in [0.05, 0.1) is 0 Å². The van der Waals surface area contributed by atoms with Crippen molar-refractivity contribution in [3.63, 3.8) is 0 Å². The molecule has 1 fully saturated rings. The minimum Gasteiger partial charge on any atom is -0.324 e. The number of nitrogens with zero attached hydrogens (tertiary/aromatic N) is 1. The summed E-state index contributed by atoms with van der Waals surface area (Å²) < 4.78 is 0. The van der Waals surface area contributed by atoms with E-state index in [0.717, 1.165) is 4.90 Å². The zero-order valence-corrected chi connectivity index (χ0v) is 15.3. The maximum absolute atomic E-state index is 12.8. The van der Waals surface area contributed by atoms with E-state index in [1.165, 1.54) is 18.2 Å². The molecule has 0 bridgehead atoms. The Kier molecular flexibility index (Phi) is 4.89. The van der Waals surface area contributed by atoms with Gasteiger partial charge in [-0.2, -0.15) is 0 Å². The van der Waals surface area contributed by atoms with E-state index in [9.17, 15) is 14.4 Å². The van der Waals surface area contributed by atoms with Crippen molar-refractivity contribution < 1.29 is 14.4 Å². The van der Waals surface area contributed by atoms with Crippen molar-refractivity contribution in [1.29, 1.82) is 0 Å². The first-order chi connectivity index (χ1) is 12.3. The van der Waals surface area contributed by atoms with Gasteiger partial charge in [-0.25, -0.2) is 4.79 Å². The van der Waals surface area contributed by atoms with Crippen LogP contribution in [0.15, 0.2) is 48.5 Å². The standard InChI is InChI=1S/C18H15Cl2N3O3/c1-18(11-5-3-2-4-6-11)16(25)23(17(26)22-18)10-15(24)21-14-8-12(19)7-13(20)9-14/h2-9H,10H2,1H3,(H,21,24)(H,22,26). The quantitative estimate of drug-likeness (QED) is 0.783. The van der Waals surface area contributed by atoms with Gasteiger partial charge in [-0.3, -0.25) is 14.5 Å². The normalized spacial score (nSPS) is 19.4. The lowest BCUT2D eigenvalue weighted by Crippen LogP contribution is -2.42. The van der Waals surface area contributed by atoms with Gasteiger partial charge in [-0.15, -0.1) is 0 Å². The van der Waals surface area contributed by atoms with Crippen molar-refractivity contribution in [2.75, 3.05) is 11.9 Å². The number of imide groups is 1. The molecule has 1 saturated heterocycles. The number of rotatable bonds is 4. The van der Waals surface area contributed by atoms with Gasteiger partial charge in [0.1, 0.15) is 12.1 Å². The van der Waals surface area contributed by atoms with Crippen LogP contribution in [0.3, 0.4) is 0 Å². The summed E-state index contributed by atoms with van der Waals surface area (Å²) >= 11 is 11.8. The summed E-state index contributed by atoms with van der Waals surface area (Å²) in [6.07, 6.45) is 0. The fraction of sp³-hybridized carbons (Fsp3) is 0.167. The van der Waals surface area contributed by atoms with Crippen molar-refractivity contribution in [3.8, 4) is 0 Å². The van der Waals surface area contributed by atoms with Crippen LogP contribution in [-0.2, 0) is 15.1 Å². The molecule has 0 radical (unpaired) electrons. The van der Waals surface area contributed by atoms with Gasteiger partial charge >= 0.3 is 6.03 Å². The first-order valence-corrected chi connectivity index (χ1v) is 8.51. The van der Waals surface area contributed by atoms with E-state index in [2.05, 4.69) is 10.6 Å². The lowest BCUT2D eigenvalue weighted by Gasteiger charge is -2.22. The van der Waals surface area contributed by atoms with Crippen LogP contribution in [0.2, 0.25) is 10.0 Å². The molecule has 2 N–H and O–H groups in total. The number of carbonyl (C=O) groups excluding carboxylic acids is 3. The van der Waals surface area contributed by atoms with Crippen LogP contribution in [-0.4, -0.2) is 29.3 Å². The van der Waals surface area contributed by atoms with E-state index in [1.807, 2.05) is 6.07 Å². The van der Waals surface area contributed by atoms with Crippen molar-refractivity contribution >= 4 is 46.7 Å². The number of hydrogen-bond acceptors (Lipinski definition) is 3. The van der Waals surface area contributed by atoms with Gasteiger partial charge < -0.3 is 10.6 Å². The Morgan fingerprint density at radius 3 is 2.35 bits per heavy atom. The molecule has 3 rings (SSSR count). The van der Waals surface area contributed by atoms with Crippen LogP contribution in [0.25, 0.3) is 0 Å². The van der Waals surface area contributed by atoms with E-state index in [4.69, 9.17) is 23.2 Å². The minimum absolute atomic E-state index is 0.361. The number of carbonyl (C=O) groups is 3. The van der Waals surface area contributed by atoms with Crippen molar-refractivity contribution in [2.45, 2.75) is 12.5 Å². The Balaban J connectivity index is 1.74. The van der Waals surface area contributed by atoms with Crippen LogP contribution < -0.4 is 10.6 Å². The molecule has 1 atom stereocenters. The number of anilines is 1. The second-order valence-corrected chi connectivity index (χ2v) is 6.89. The van der Waals surface area contributed by atoms with E-state index in [-0.39, 0.29) is 0 Å². The van der Waals surface area contributed by atoms with Gasteiger partial charge in [-0.1, -0.05) is 53.5 Å². The Morgan fingerprint density at radius 1 is 1.12 bits per heavy atom. The molecule has 0 aromatic heterocycles. The molecular formula is C18H15Cl2N3O3. The number of halogens is 2. The van der Waals surface area contributed by atoms with Gasteiger partial charge in [0.2, 0.25) is 5.91 Å². The summed E-state index contributed by atoms with van der Waals surface area (Å²) in [7, 11) is 0. The number of benzene rings is 2. The minimum atomic E-state index is -1.21. The largest absolute Gasteiger partial charge is 0.325 e. The third-order valence-corrected chi connectivity index (χ3v) is 4.51. The Labute approximate surface area is 160 Å². The van der Waals surface area contributed by atoms with Crippen LogP contribution in [0.4, 0.5) is 10.5 Å². The zero-order valence-electron chi connectivity index (χ0n) is 13.8. The molecule has 6 nitrogen and oxygen atoms in total. The number of amides is 4. The Bertz CT molecular complexity index is 868. The molecule has 2 aromatic rings.